The number of likely N-dealkylation sites (N-methyl/N-ethyl adjacent to an activating group) is 1. The predicted octanol–water partition coefficient (Wildman–Crippen LogP) is 5.57. The molecule has 2 aliphatic rings. The molecule has 2 fully saturated rings. The SMILES string of the molecule is CCN(C(=O)Cn1c(C(=O)CC2CCC(C(=O)NC3CCN(C(C)=O)CC3)CC2)cc2sccc21)c1cccc(C)c1. The molecule has 9 heteroatoms. The van der Waals surface area contributed by atoms with Gasteiger partial charge in [-0.25, -0.2) is 0 Å². The molecule has 224 valence electrons. The number of thiophene rings is 1. The maximum atomic E-state index is 13.6. The molecule has 0 spiro atoms. The van der Waals surface area contributed by atoms with Crippen LogP contribution in [-0.4, -0.2) is 58.6 Å². The van der Waals surface area contributed by atoms with Crippen molar-refractivity contribution in [3.63, 3.8) is 0 Å². The maximum Gasteiger partial charge on any atom is 0.246 e. The highest BCUT2D eigenvalue weighted by Crippen LogP contribution is 2.34. The van der Waals surface area contributed by atoms with E-state index >= 15 is 0 Å². The van der Waals surface area contributed by atoms with Gasteiger partial charge in [-0.15, -0.1) is 11.3 Å². The summed E-state index contributed by atoms with van der Waals surface area (Å²) >= 11 is 1.58. The van der Waals surface area contributed by atoms with Gasteiger partial charge >= 0.3 is 0 Å². The highest BCUT2D eigenvalue weighted by Gasteiger charge is 2.31. The number of piperidine rings is 1. The Bertz CT molecular complexity index is 1440. The fourth-order valence-electron chi connectivity index (χ4n) is 6.55. The minimum absolute atomic E-state index is 0.0179. The summed E-state index contributed by atoms with van der Waals surface area (Å²) in [4.78, 5) is 55.3. The molecule has 8 nitrogen and oxygen atoms in total. The quantitative estimate of drug-likeness (QED) is 0.330. The van der Waals surface area contributed by atoms with E-state index < -0.39 is 0 Å². The van der Waals surface area contributed by atoms with Crippen molar-refractivity contribution in [1.29, 1.82) is 0 Å². The summed E-state index contributed by atoms with van der Waals surface area (Å²) in [5.41, 5.74) is 3.48. The van der Waals surface area contributed by atoms with E-state index in [2.05, 4.69) is 5.32 Å². The van der Waals surface area contributed by atoms with E-state index in [9.17, 15) is 19.2 Å². The molecule has 0 unspecified atom stereocenters. The molecular formula is C33H42N4O4S. The minimum Gasteiger partial charge on any atom is -0.353 e. The molecule has 1 N–H and O–H groups in total. The third kappa shape index (κ3) is 6.77. The average molecular weight is 591 g/mol. The molecule has 0 atom stereocenters. The minimum atomic E-state index is -0.0423. The number of benzene rings is 1. The number of hydrogen-bond donors (Lipinski definition) is 1. The average Bonchev–Trinajstić information content (AvgIpc) is 3.57. The fourth-order valence-corrected chi connectivity index (χ4v) is 7.37. The lowest BCUT2D eigenvalue weighted by Gasteiger charge is -2.33. The van der Waals surface area contributed by atoms with Crippen LogP contribution in [0.2, 0.25) is 0 Å². The highest BCUT2D eigenvalue weighted by molar-refractivity contribution is 7.17. The number of aryl methyl sites for hydroxylation is 1. The van der Waals surface area contributed by atoms with Gasteiger partial charge in [-0.3, -0.25) is 19.2 Å². The smallest absolute Gasteiger partial charge is 0.246 e. The van der Waals surface area contributed by atoms with E-state index in [1.807, 2.05) is 65.1 Å². The Balaban J connectivity index is 1.18. The first-order valence-electron chi connectivity index (χ1n) is 15.3. The zero-order valence-electron chi connectivity index (χ0n) is 24.9. The number of likely N-dealkylation sites (tertiary alicyclic amines) is 1. The van der Waals surface area contributed by atoms with Crippen LogP contribution in [0.25, 0.3) is 10.2 Å². The second kappa shape index (κ2) is 13.2. The molecule has 5 rings (SSSR count). The number of ketones is 1. The number of rotatable bonds is 9. The van der Waals surface area contributed by atoms with Gasteiger partial charge in [-0.05, 0) is 93.5 Å². The lowest BCUT2D eigenvalue weighted by Crippen LogP contribution is -2.47. The standard InChI is InChI=1S/C33H42N4O4S/c1-4-36(27-7-5-6-22(2)18-27)32(40)21-37-28-14-17-42-31(28)20-29(37)30(39)19-24-8-10-25(11-9-24)33(41)34-26-12-15-35(16-13-26)23(3)38/h5-7,14,17-18,20,24-26H,4,8-13,15-16,19,21H2,1-3H3,(H,34,41). The Morgan fingerprint density at radius 3 is 2.40 bits per heavy atom. The van der Waals surface area contributed by atoms with Crippen molar-refractivity contribution < 1.29 is 19.2 Å². The normalized spacial score (nSPS) is 19.5. The van der Waals surface area contributed by atoms with Crippen LogP contribution in [0.1, 0.15) is 74.8 Å². The number of carbonyl (C=O) groups is 4. The number of anilines is 1. The molecule has 1 aliphatic carbocycles. The van der Waals surface area contributed by atoms with Crippen LogP contribution in [0.5, 0.6) is 0 Å². The number of nitrogens with zero attached hydrogens (tertiary/aromatic N) is 3. The zero-order chi connectivity index (χ0) is 29.8. The van der Waals surface area contributed by atoms with Gasteiger partial charge in [0, 0.05) is 50.6 Å². The number of amides is 3. The molecule has 2 aromatic heterocycles. The van der Waals surface area contributed by atoms with E-state index in [-0.39, 0.29) is 47.9 Å². The summed E-state index contributed by atoms with van der Waals surface area (Å²) in [5.74, 6) is 0.445. The van der Waals surface area contributed by atoms with E-state index in [1.54, 1.807) is 23.2 Å². The number of aromatic nitrogens is 1. The predicted molar refractivity (Wildman–Crippen MR) is 167 cm³/mol. The Morgan fingerprint density at radius 2 is 1.74 bits per heavy atom. The molecular weight excluding hydrogens is 548 g/mol. The van der Waals surface area contributed by atoms with E-state index in [4.69, 9.17) is 0 Å². The summed E-state index contributed by atoms with van der Waals surface area (Å²) in [6.45, 7) is 7.63. The second-order valence-electron chi connectivity index (χ2n) is 11.9. The number of nitrogens with one attached hydrogen (secondary N) is 1. The van der Waals surface area contributed by atoms with Crippen LogP contribution in [-0.2, 0) is 20.9 Å². The zero-order valence-corrected chi connectivity index (χ0v) is 25.8. The van der Waals surface area contributed by atoms with Crippen molar-refractivity contribution in [3.05, 3.63) is 53.0 Å². The van der Waals surface area contributed by atoms with Gasteiger partial charge in [0.15, 0.2) is 5.78 Å². The van der Waals surface area contributed by atoms with E-state index in [0.717, 1.165) is 60.0 Å². The van der Waals surface area contributed by atoms with Gasteiger partial charge in [-0.2, -0.15) is 0 Å². The molecule has 3 aromatic rings. The van der Waals surface area contributed by atoms with Crippen LogP contribution in [0, 0.1) is 18.8 Å². The lowest BCUT2D eigenvalue weighted by molar-refractivity contribution is -0.130. The lowest BCUT2D eigenvalue weighted by atomic mass is 9.79. The summed E-state index contributed by atoms with van der Waals surface area (Å²) in [5, 5.41) is 5.21. The largest absolute Gasteiger partial charge is 0.353 e. The van der Waals surface area contributed by atoms with Crippen molar-refractivity contribution >= 4 is 50.7 Å². The third-order valence-electron chi connectivity index (χ3n) is 9.01. The molecule has 1 saturated carbocycles. The second-order valence-corrected chi connectivity index (χ2v) is 12.8. The number of Topliss-reactive ketones (excluding diaryl/α,β-unsaturated/α-hetero) is 1. The first kappa shape index (κ1) is 30.0. The Hall–Kier alpha value is -3.46. The van der Waals surface area contributed by atoms with Gasteiger partial charge in [0.2, 0.25) is 17.7 Å². The van der Waals surface area contributed by atoms with Crippen LogP contribution in [0.15, 0.2) is 41.8 Å². The van der Waals surface area contributed by atoms with Crippen molar-refractivity contribution in [2.45, 2.75) is 78.3 Å². The molecule has 0 bridgehead atoms. The van der Waals surface area contributed by atoms with Crippen LogP contribution in [0.3, 0.4) is 0 Å². The molecule has 1 saturated heterocycles. The van der Waals surface area contributed by atoms with E-state index in [1.165, 1.54) is 0 Å². The van der Waals surface area contributed by atoms with Crippen molar-refractivity contribution in [2.24, 2.45) is 11.8 Å². The van der Waals surface area contributed by atoms with Crippen molar-refractivity contribution in [2.75, 3.05) is 24.5 Å². The molecule has 1 aromatic carbocycles. The summed E-state index contributed by atoms with van der Waals surface area (Å²) < 4.78 is 2.91. The van der Waals surface area contributed by atoms with Crippen LogP contribution < -0.4 is 10.2 Å². The molecule has 1 aliphatic heterocycles. The number of carbonyl (C=O) groups excluding carboxylic acids is 4. The molecule has 3 amide bonds. The fraction of sp³-hybridized carbons (Fsp3) is 0.515. The van der Waals surface area contributed by atoms with Gasteiger partial charge in [0.1, 0.15) is 6.54 Å². The van der Waals surface area contributed by atoms with Gasteiger partial charge in [0.25, 0.3) is 0 Å². The van der Waals surface area contributed by atoms with Crippen molar-refractivity contribution in [3.8, 4) is 0 Å². The third-order valence-corrected chi connectivity index (χ3v) is 9.86. The van der Waals surface area contributed by atoms with E-state index in [0.29, 0.717) is 31.7 Å². The number of hydrogen-bond acceptors (Lipinski definition) is 5. The summed E-state index contributed by atoms with van der Waals surface area (Å²) in [6.07, 6.45) is 5.29. The van der Waals surface area contributed by atoms with Crippen LogP contribution >= 0.6 is 11.3 Å². The Kier molecular flexibility index (Phi) is 9.46. The Labute approximate surface area is 252 Å². The molecule has 42 heavy (non-hydrogen) atoms. The van der Waals surface area contributed by atoms with Crippen LogP contribution in [0.4, 0.5) is 5.69 Å². The Morgan fingerprint density at radius 1 is 1.00 bits per heavy atom. The first-order chi connectivity index (χ1) is 20.2. The number of fused-ring (bicyclic) bond motifs is 1. The van der Waals surface area contributed by atoms with Gasteiger partial charge in [0.05, 0.1) is 15.9 Å². The highest BCUT2D eigenvalue weighted by atomic mass is 32.1. The van der Waals surface area contributed by atoms with Crippen molar-refractivity contribution in [1.82, 2.24) is 14.8 Å². The first-order valence-corrected chi connectivity index (χ1v) is 16.1. The van der Waals surface area contributed by atoms with Gasteiger partial charge in [-0.1, -0.05) is 12.1 Å². The monoisotopic (exact) mass is 590 g/mol. The molecule has 0 radical (unpaired) electrons. The maximum absolute atomic E-state index is 13.6. The van der Waals surface area contributed by atoms with Gasteiger partial charge < -0.3 is 19.7 Å². The summed E-state index contributed by atoms with van der Waals surface area (Å²) in [7, 11) is 0. The topological polar surface area (TPSA) is 91.7 Å². The molecule has 3 heterocycles. The summed E-state index contributed by atoms with van der Waals surface area (Å²) in [6, 6.07) is 12.0.